The minimum atomic E-state index is -1.08. The first-order valence-corrected chi connectivity index (χ1v) is 23.9. The number of likely N-dealkylation sites (N-methyl/N-ethyl adjacent to an activating group) is 2. The maximum Gasteiger partial charge on any atom is 0.247 e. The zero-order valence-corrected chi connectivity index (χ0v) is 37.7. The Bertz CT molecular complexity index is 2070. The Kier molecular flexibility index (Phi) is 16.6. The maximum atomic E-state index is 14.3. The molecule has 2 aliphatic carbocycles. The van der Waals surface area contributed by atoms with Gasteiger partial charge in [-0.3, -0.25) is 28.8 Å². The van der Waals surface area contributed by atoms with Crippen molar-refractivity contribution in [3.8, 4) is 11.8 Å². The molecule has 2 saturated heterocycles. The highest BCUT2D eigenvalue weighted by atomic mass is 32.2. The van der Waals surface area contributed by atoms with Crippen molar-refractivity contribution in [1.82, 2.24) is 41.7 Å². The van der Waals surface area contributed by atoms with Crippen LogP contribution in [0.2, 0.25) is 0 Å². The van der Waals surface area contributed by atoms with E-state index in [0.717, 1.165) is 49.7 Å². The predicted molar refractivity (Wildman–Crippen MR) is 244 cm³/mol. The average Bonchev–Trinajstić information content (AvgIpc) is 3.99. The Morgan fingerprint density at radius 2 is 1.16 bits per heavy atom. The zero-order valence-electron chi connectivity index (χ0n) is 36.1. The molecule has 6 rings (SSSR count). The lowest BCUT2D eigenvalue weighted by Gasteiger charge is -2.31. The van der Waals surface area contributed by atoms with Gasteiger partial charge in [-0.15, -0.1) is 23.5 Å². The van der Waals surface area contributed by atoms with E-state index in [4.69, 9.17) is 0 Å². The van der Waals surface area contributed by atoms with Gasteiger partial charge in [0, 0.05) is 24.3 Å². The smallest absolute Gasteiger partial charge is 0.247 e. The fourth-order valence-corrected chi connectivity index (χ4v) is 10.7. The minimum Gasteiger partial charge on any atom is -0.347 e. The monoisotopic (exact) mass is 884 g/mol. The topological polar surface area (TPSA) is 181 Å². The summed E-state index contributed by atoms with van der Waals surface area (Å²) in [7, 11) is 3.29. The number of nitrogens with zero attached hydrogens (tertiary/aromatic N) is 2. The lowest BCUT2D eigenvalue weighted by Crippen LogP contribution is -2.56. The Morgan fingerprint density at radius 3 is 1.65 bits per heavy atom. The second-order valence-electron chi connectivity index (χ2n) is 16.4. The van der Waals surface area contributed by atoms with Gasteiger partial charge in [-0.05, 0) is 94.3 Å². The van der Waals surface area contributed by atoms with Crippen LogP contribution in [0.5, 0.6) is 0 Å². The predicted octanol–water partition coefficient (Wildman–Crippen LogP) is 2.70. The van der Waals surface area contributed by atoms with Gasteiger partial charge in [0.2, 0.25) is 35.4 Å². The molecule has 2 aromatic carbocycles. The fourth-order valence-electron chi connectivity index (χ4n) is 8.33. The number of hydrogen-bond donors (Lipinski definition) is 6. The van der Waals surface area contributed by atoms with E-state index in [-0.39, 0.29) is 48.5 Å². The number of aryl methyl sites for hydroxylation is 2. The largest absolute Gasteiger partial charge is 0.347 e. The van der Waals surface area contributed by atoms with Crippen molar-refractivity contribution in [2.75, 3.05) is 37.4 Å². The van der Waals surface area contributed by atoms with Gasteiger partial charge in [-0.25, -0.2) is 0 Å². The summed E-state index contributed by atoms with van der Waals surface area (Å²) in [5.41, 5.74) is 4.95. The number of carbonyl (C=O) groups excluding carboxylic acids is 6. The highest BCUT2D eigenvalue weighted by Crippen LogP contribution is 2.32. The van der Waals surface area contributed by atoms with Crippen LogP contribution >= 0.6 is 23.5 Å². The Labute approximate surface area is 373 Å². The van der Waals surface area contributed by atoms with Crippen molar-refractivity contribution in [3.05, 3.63) is 82.9 Å². The summed E-state index contributed by atoms with van der Waals surface area (Å²) < 4.78 is 0. The van der Waals surface area contributed by atoms with E-state index in [1.807, 2.05) is 36.4 Å². The normalized spacial score (nSPS) is 22.3. The molecule has 0 bridgehead atoms. The fraction of sp³-hybridized carbons (Fsp3) is 0.522. The summed E-state index contributed by atoms with van der Waals surface area (Å²) in [5, 5.41) is 17.9. The molecule has 2 aromatic rings. The Hall–Kier alpha value is -4.82. The Balaban J connectivity index is 1.14. The van der Waals surface area contributed by atoms with Crippen molar-refractivity contribution in [3.63, 3.8) is 0 Å². The van der Waals surface area contributed by atoms with Crippen LogP contribution < -0.4 is 31.9 Å². The van der Waals surface area contributed by atoms with Gasteiger partial charge in [-0.1, -0.05) is 67.0 Å². The summed E-state index contributed by atoms with van der Waals surface area (Å²) in [6, 6.07) is 11.1. The molecule has 0 spiro atoms. The molecule has 2 heterocycles. The van der Waals surface area contributed by atoms with E-state index in [1.165, 1.54) is 44.5 Å². The SMILES string of the molecule is C=C(C#CC[C@H](NC(=O)[C@H](C)NC)C(=O)N1CSC[C@H]1C(=O)N[C@@H]1CCCc2ccccc21)C[C@H](NC(=O)[C@H](C)NC)C(=O)N1CSC[C@H]1C(=O)N[C@@H]1CCCc2ccccc21. The summed E-state index contributed by atoms with van der Waals surface area (Å²) in [6.45, 7) is 7.47. The first-order valence-electron chi connectivity index (χ1n) is 21.5. The molecule has 16 heteroatoms. The third-order valence-corrected chi connectivity index (χ3v) is 14.2. The molecule has 6 N–H and O–H groups in total. The van der Waals surface area contributed by atoms with E-state index in [9.17, 15) is 28.8 Å². The zero-order chi connectivity index (χ0) is 44.3. The summed E-state index contributed by atoms with van der Waals surface area (Å²) in [4.78, 5) is 85.5. The number of rotatable bonds is 15. The molecule has 2 fully saturated rings. The van der Waals surface area contributed by atoms with E-state index < -0.39 is 59.9 Å². The van der Waals surface area contributed by atoms with Crippen LogP contribution in [-0.4, -0.2) is 119 Å². The van der Waals surface area contributed by atoms with Crippen molar-refractivity contribution < 1.29 is 28.8 Å². The number of nitrogens with one attached hydrogen (secondary N) is 6. The van der Waals surface area contributed by atoms with Crippen molar-refractivity contribution in [2.45, 2.75) is 114 Å². The Morgan fingerprint density at radius 1 is 0.710 bits per heavy atom. The van der Waals surface area contributed by atoms with E-state index in [0.29, 0.717) is 17.1 Å². The van der Waals surface area contributed by atoms with Crippen LogP contribution in [0.25, 0.3) is 0 Å². The van der Waals surface area contributed by atoms with Gasteiger partial charge in [0.15, 0.2) is 0 Å². The highest BCUT2D eigenvalue weighted by molar-refractivity contribution is 7.99. The number of fused-ring (bicyclic) bond motifs is 2. The summed E-state index contributed by atoms with van der Waals surface area (Å²) >= 11 is 2.95. The molecule has 62 heavy (non-hydrogen) atoms. The number of amides is 6. The highest BCUT2D eigenvalue weighted by Gasteiger charge is 2.41. The molecule has 2 aliphatic heterocycles. The van der Waals surface area contributed by atoms with Crippen LogP contribution in [0.15, 0.2) is 60.7 Å². The molecular weight excluding hydrogens is 825 g/mol. The number of thioether (sulfide) groups is 2. The summed E-state index contributed by atoms with van der Waals surface area (Å²) in [6.07, 6.45) is 5.30. The molecule has 332 valence electrons. The molecule has 0 aromatic heterocycles. The average molecular weight is 885 g/mol. The summed E-state index contributed by atoms with van der Waals surface area (Å²) in [5.74, 6) is 5.23. The lowest BCUT2D eigenvalue weighted by molar-refractivity contribution is -0.141. The number of hydrogen-bond acceptors (Lipinski definition) is 10. The first-order chi connectivity index (χ1) is 29.9. The molecule has 0 saturated carbocycles. The van der Waals surface area contributed by atoms with Gasteiger partial charge < -0.3 is 41.7 Å². The van der Waals surface area contributed by atoms with Gasteiger partial charge >= 0.3 is 0 Å². The molecular formula is C46H60N8O6S2. The molecule has 0 radical (unpaired) electrons. The third kappa shape index (κ3) is 11.4. The quantitative estimate of drug-likeness (QED) is 0.146. The number of benzene rings is 2. The number of carbonyl (C=O) groups is 6. The minimum absolute atomic E-state index is 0.0451. The van der Waals surface area contributed by atoms with Crippen LogP contribution in [0.1, 0.15) is 86.7 Å². The van der Waals surface area contributed by atoms with Crippen molar-refractivity contribution in [2.24, 2.45) is 0 Å². The lowest BCUT2D eigenvalue weighted by atomic mass is 9.87. The van der Waals surface area contributed by atoms with E-state index in [2.05, 4.69) is 62.5 Å². The van der Waals surface area contributed by atoms with Gasteiger partial charge in [0.05, 0.1) is 35.9 Å². The van der Waals surface area contributed by atoms with Crippen LogP contribution in [-0.2, 0) is 41.6 Å². The second-order valence-corrected chi connectivity index (χ2v) is 18.4. The van der Waals surface area contributed by atoms with Crippen molar-refractivity contribution in [1.29, 1.82) is 0 Å². The van der Waals surface area contributed by atoms with Crippen LogP contribution in [0.4, 0.5) is 0 Å². The standard InChI is InChI=1S/C46H60N8O6S2/c1-28(23-38(52-42(56)30(3)48-5)46(60)54-27-62-25-40(54)44(58)50-36-21-12-17-32-15-7-9-19-34(32)36)13-10-22-37(51-41(55)29(2)47-4)45(59)53-26-61-24-39(53)43(57)49-35-20-11-16-31-14-6-8-18-33(31)35/h6-9,14-15,18-19,29-30,35-40,47-48H,1,11-12,16-17,20-27H2,2-5H3,(H,49,57)(H,50,58)(H,51,55)(H,52,56)/t29-,30-,35+,36+,37-,38-,39-,40-/m0/s1. The third-order valence-electron chi connectivity index (χ3n) is 12.2. The van der Waals surface area contributed by atoms with Gasteiger partial charge in [-0.2, -0.15) is 0 Å². The molecule has 4 aliphatic rings. The van der Waals surface area contributed by atoms with Crippen LogP contribution in [0, 0.1) is 11.8 Å². The molecule has 6 amide bonds. The van der Waals surface area contributed by atoms with Crippen LogP contribution in [0.3, 0.4) is 0 Å². The van der Waals surface area contributed by atoms with E-state index >= 15 is 0 Å². The molecule has 8 atom stereocenters. The molecule has 0 unspecified atom stereocenters. The first kappa shape index (κ1) is 46.7. The van der Waals surface area contributed by atoms with Gasteiger partial charge in [0.1, 0.15) is 24.2 Å². The molecule has 14 nitrogen and oxygen atoms in total. The second kappa shape index (κ2) is 22.0. The van der Waals surface area contributed by atoms with Crippen molar-refractivity contribution >= 4 is 59.0 Å². The van der Waals surface area contributed by atoms with Gasteiger partial charge in [0.25, 0.3) is 0 Å². The maximum absolute atomic E-state index is 14.3. The van der Waals surface area contributed by atoms with E-state index in [1.54, 1.807) is 27.9 Å².